The summed E-state index contributed by atoms with van der Waals surface area (Å²) in [4.78, 5) is 10.5. The van der Waals surface area contributed by atoms with Gasteiger partial charge in [0.1, 0.15) is 11.6 Å². The van der Waals surface area contributed by atoms with Crippen LogP contribution in [0.15, 0.2) is 28.1 Å². The van der Waals surface area contributed by atoms with Crippen molar-refractivity contribution in [1.82, 2.24) is 15.0 Å². The SMILES string of the molecule is OCC(F)(F)Oc1ccc(-c2nccs2)c2oc(N3CC4CC(C3)N4O)nc12. The zero-order chi connectivity index (χ0) is 19.5. The van der Waals surface area contributed by atoms with Crippen LogP contribution in [-0.4, -0.2) is 63.2 Å². The number of benzene rings is 1. The summed E-state index contributed by atoms with van der Waals surface area (Å²) in [7, 11) is 0. The van der Waals surface area contributed by atoms with Gasteiger partial charge in [0.2, 0.25) is 0 Å². The van der Waals surface area contributed by atoms with Crippen LogP contribution in [0.5, 0.6) is 5.75 Å². The topological polar surface area (TPSA) is 95.1 Å². The van der Waals surface area contributed by atoms with E-state index >= 15 is 0 Å². The Hall–Kier alpha value is -2.34. The molecule has 2 unspecified atom stereocenters. The molecule has 6 rings (SSSR count). The minimum Gasteiger partial charge on any atom is -0.428 e. The van der Waals surface area contributed by atoms with Crippen LogP contribution in [0.1, 0.15) is 6.42 Å². The van der Waals surface area contributed by atoms with Crippen LogP contribution in [0.3, 0.4) is 0 Å². The molecule has 3 saturated heterocycles. The average molecular weight is 410 g/mol. The van der Waals surface area contributed by atoms with Gasteiger partial charge in [-0.3, -0.25) is 0 Å². The lowest BCUT2D eigenvalue weighted by Crippen LogP contribution is -2.67. The molecule has 28 heavy (non-hydrogen) atoms. The molecule has 0 aliphatic carbocycles. The first-order valence-corrected chi connectivity index (χ1v) is 9.56. The molecular formula is C17H16F2N4O4S. The van der Waals surface area contributed by atoms with Gasteiger partial charge in [-0.2, -0.15) is 18.8 Å². The standard InChI is InChI=1S/C17H16F2N4O4S/c18-17(19,8-24)27-12-2-1-11(15-20-3-4-28-15)14-13(12)21-16(26-14)22-6-9-5-10(7-22)23(9)25/h1-4,9-10,24-25H,5-8H2. The second-order valence-corrected chi connectivity index (χ2v) is 7.74. The van der Waals surface area contributed by atoms with Gasteiger partial charge in [-0.1, -0.05) is 0 Å². The van der Waals surface area contributed by atoms with Crippen LogP contribution in [0.25, 0.3) is 21.7 Å². The first-order valence-electron chi connectivity index (χ1n) is 8.68. The Labute approximate surface area is 161 Å². The molecule has 0 amide bonds. The second kappa shape index (κ2) is 6.34. The Morgan fingerprint density at radius 3 is 2.75 bits per heavy atom. The van der Waals surface area contributed by atoms with Gasteiger partial charge < -0.3 is 24.4 Å². The van der Waals surface area contributed by atoms with Crippen molar-refractivity contribution in [3.8, 4) is 16.3 Å². The van der Waals surface area contributed by atoms with Crippen LogP contribution in [0, 0.1) is 0 Å². The minimum atomic E-state index is -3.74. The van der Waals surface area contributed by atoms with E-state index in [0.717, 1.165) is 6.42 Å². The second-order valence-electron chi connectivity index (χ2n) is 6.85. The Balaban J connectivity index is 1.58. The third kappa shape index (κ3) is 2.82. The highest BCUT2D eigenvalue weighted by molar-refractivity contribution is 7.13. The first kappa shape index (κ1) is 17.7. The van der Waals surface area contributed by atoms with Crippen molar-refractivity contribution in [2.24, 2.45) is 0 Å². The normalized spacial score (nSPS) is 22.5. The van der Waals surface area contributed by atoms with Crippen LogP contribution < -0.4 is 9.64 Å². The van der Waals surface area contributed by atoms with Gasteiger partial charge in [-0.25, -0.2) is 4.98 Å². The smallest absolute Gasteiger partial charge is 0.421 e. The number of piperidine rings is 1. The number of ether oxygens (including phenoxy) is 1. The molecule has 11 heteroatoms. The highest BCUT2D eigenvalue weighted by Gasteiger charge is 2.45. The summed E-state index contributed by atoms with van der Waals surface area (Å²) in [6, 6.07) is 3.24. The maximum absolute atomic E-state index is 13.6. The number of nitrogens with zero attached hydrogens (tertiary/aromatic N) is 4. The zero-order valence-electron chi connectivity index (χ0n) is 14.5. The fourth-order valence-corrected chi connectivity index (χ4v) is 4.31. The minimum absolute atomic E-state index is 0.00152. The molecular weight excluding hydrogens is 394 g/mol. The van der Waals surface area contributed by atoms with Gasteiger partial charge in [0.25, 0.3) is 6.01 Å². The number of rotatable bonds is 5. The Morgan fingerprint density at radius 2 is 2.11 bits per heavy atom. The lowest BCUT2D eigenvalue weighted by Gasteiger charge is -2.52. The molecule has 2 bridgehead atoms. The summed E-state index contributed by atoms with van der Waals surface area (Å²) in [5.74, 6) is -0.185. The van der Waals surface area contributed by atoms with Gasteiger partial charge in [-0.05, 0) is 18.6 Å². The molecule has 148 valence electrons. The van der Waals surface area contributed by atoms with Crippen LogP contribution in [0.2, 0.25) is 0 Å². The summed E-state index contributed by atoms with van der Waals surface area (Å²) in [6.07, 6.45) is -1.20. The zero-order valence-corrected chi connectivity index (χ0v) is 15.3. The maximum atomic E-state index is 13.6. The number of fused-ring (bicyclic) bond motifs is 3. The number of anilines is 1. The highest BCUT2D eigenvalue weighted by atomic mass is 32.1. The van der Waals surface area contributed by atoms with Crippen LogP contribution >= 0.6 is 11.3 Å². The van der Waals surface area contributed by atoms with Crippen molar-refractivity contribution < 1.29 is 28.2 Å². The van der Waals surface area contributed by atoms with E-state index in [1.54, 1.807) is 17.6 Å². The van der Waals surface area contributed by atoms with E-state index in [1.165, 1.54) is 22.5 Å². The molecule has 5 heterocycles. The quantitative estimate of drug-likeness (QED) is 0.663. The van der Waals surface area contributed by atoms with Gasteiger partial charge in [0.15, 0.2) is 16.8 Å². The summed E-state index contributed by atoms with van der Waals surface area (Å²) >= 11 is 1.39. The van der Waals surface area contributed by atoms with Gasteiger partial charge >= 0.3 is 6.11 Å². The summed E-state index contributed by atoms with van der Waals surface area (Å²) in [5, 5.41) is 22.5. The Kier molecular flexibility index (Phi) is 4.02. The third-order valence-corrected chi connectivity index (χ3v) is 5.83. The predicted octanol–water partition coefficient (Wildman–Crippen LogP) is 2.57. The van der Waals surface area contributed by atoms with E-state index in [9.17, 15) is 14.0 Å². The molecule has 3 aliphatic heterocycles. The molecule has 2 aromatic heterocycles. The molecule has 0 saturated carbocycles. The van der Waals surface area contributed by atoms with E-state index in [4.69, 9.17) is 14.3 Å². The molecule has 2 N–H and O–H groups in total. The van der Waals surface area contributed by atoms with Crippen molar-refractivity contribution in [2.45, 2.75) is 24.6 Å². The van der Waals surface area contributed by atoms with Crippen LogP contribution in [-0.2, 0) is 0 Å². The summed E-state index contributed by atoms with van der Waals surface area (Å²) < 4.78 is 37.9. The molecule has 2 atom stereocenters. The number of hydrogen-bond donors (Lipinski definition) is 2. The first-order chi connectivity index (χ1) is 13.4. The number of alkyl halides is 2. The molecule has 8 nitrogen and oxygen atoms in total. The van der Waals surface area contributed by atoms with E-state index in [2.05, 4.69) is 9.97 Å². The van der Waals surface area contributed by atoms with E-state index in [1.807, 2.05) is 4.90 Å². The number of halogens is 2. The fraction of sp³-hybridized carbons (Fsp3) is 0.412. The van der Waals surface area contributed by atoms with Crippen molar-refractivity contribution in [2.75, 3.05) is 24.6 Å². The van der Waals surface area contributed by atoms with Gasteiger partial charge in [0.05, 0.1) is 17.6 Å². The molecule has 0 radical (unpaired) electrons. The van der Waals surface area contributed by atoms with Crippen molar-refractivity contribution in [1.29, 1.82) is 0 Å². The van der Waals surface area contributed by atoms with Crippen LogP contribution in [0.4, 0.5) is 14.8 Å². The number of hydroxylamine groups is 2. The predicted molar refractivity (Wildman–Crippen MR) is 95.8 cm³/mol. The highest BCUT2D eigenvalue weighted by Crippen LogP contribution is 2.40. The lowest BCUT2D eigenvalue weighted by molar-refractivity contribution is -0.229. The summed E-state index contributed by atoms with van der Waals surface area (Å²) in [5.41, 5.74) is 1.04. The Bertz CT molecular complexity index is 1000. The molecule has 0 spiro atoms. The molecule has 3 aromatic rings. The Morgan fingerprint density at radius 1 is 1.32 bits per heavy atom. The number of aliphatic hydroxyl groups excluding tert-OH is 1. The molecule has 3 aliphatic rings. The number of aliphatic hydroxyl groups is 1. The summed E-state index contributed by atoms with van der Waals surface area (Å²) in [6.45, 7) is -0.403. The number of aromatic nitrogens is 2. The van der Waals surface area contributed by atoms with Gasteiger partial charge in [0, 0.05) is 24.7 Å². The lowest BCUT2D eigenvalue weighted by atomic mass is 9.91. The molecule has 3 fully saturated rings. The fourth-order valence-electron chi connectivity index (χ4n) is 3.65. The number of piperazine rings is 1. The van der Waals surface area contributed by atoms with Gasteiger partial charge in [-0.15, -0.1) is 11.3 Å². The van der Waals surface area contributed by atoms with Crippen molar-refractivity contribution in [3.63, 3.8) is 0 Å². The number of thiazole rings is 1. The number of oxazole rings is 1. The average Bonchev–Trinajstić information content (AvgIpc) is 3.38. The van der Waals surface area contributed by atoms with Crippen molar-refractivity contribution >= 4 is 28.5 Å². The van der Waals surface area contributed by atoms with E-state index < -0.39 is 12.7 Å². The monoisotopic (exact) mass is 410 g/mol. The van der Waals surface area contributed by atoms with E-state index in [0.29, 0.717) is 23.7 Å². The van der Waals surface area contributed by atoms with E-state index in [-0.39, 0.29) is 34.9 Å². The molecule has 1 aromatic carbocycles. The largest absolute Gasteiger partial charge is 0.428 e. The van der Waals surface area contributed by atoms with Crippen molar-refractivity contribution in [3.05, 3.63) is 23.7 Å². The number of hydrogen-bond acceptors (Lipinski definition) is 9. The maximum Gasteiger partial charge on any atom is 0.421 e. The third-order valence-electron chi connectivity index (χ3n) is 5.03.